The van der Waals surface area contributed by atoms with E-state index in [1.165, 1.54) is 0 Å². The molecular weight excluding hydrogens is 282 g/mol. The maximum Gasteiger partial charge on any atom is 0.308 e. The Morgan fingerprint density at radius 2 is 1.91 bits per heavy atom. The fourth-order valence-corrected chi connectivity index (χ4v) is 2.14. The SMILES string of the molecule is CCc1ccc(C(=O)NC[C@@H](Cc2ccccc2)C(=O)O)o1. The lowest BCUT2D eigenvalue weighted by Gasteiger charge is -2.13. The van der Waals surface area contributed by atoms with Crippen LogP contribution in [-0.2, 0) is 17.6 Å². The van der Waals surface area contributed by atoms with Gasteiger partial charge in [0.25, 0.3) is 5.91 Å². The maximum atomic E-state index is 12.0. The van der Waals surface area contributed by atoms with Gasteiger partial charge in [-0.25, -0.2) is 0 Å². The highest BCUT2D eigenvalue weighted by molar-refractivity contribution is 5.91. The highest BCUT2D eigenvalue weighted by atomic mass is 16.4. The maximum absolute atomic E-state index is 12.0. The van der Waals surface area contributed by atoms with E-state index in [4.69, 9.17) is 4.42 Å². The van der Waals surface area contributed by atoms with Crippen molar-refractivity contribution in [2.24, 2.45) is 5.92 Å². The van der Waals surface area contributed by atoms with Crippen LogP contribution in [0, 0.1) is 5.92 Å². The number of rotatable bonds is 7. The average Bonchev–Trinajstić information content (AvgIpc) is 3.01. The molecule has 1 aromatic carbocycles. The summed E-state index contributed by atoms with van der Waals surface area (Å²) < 4.78 is 5.35. The average molecular weight is 301 g/mol. The molecule has 2 N–H and O–H groups in total. The molecule has 0 aliphatic carbocycles. The molecule has 0 fully saturated rings. The van der Waals surface area contributed by atoms with E-state index in [-0.39, 0.29) is 18.2 Å². The zero-order valence-corrected chi connectivity index (χ0v) is 12.4. The van der Waals surface area contributed by atoms with Crippen LogP contribution in [0.3, 0.4) is 0 Å². The highest BCUT2D eigenvalue weighted by Crippen LogP contribution is 2.11. The molecule has 5 nitrogen and oxygen atoms in total. The Kier molecular flexibility index (Phi) is 5.36. The van der Waals surface area contributed by atoms with Gasteiger partial charge in [-0.3, -0.25) is 9.59 Å². The predicted octanol–water partition coefficient (Wildman–Crippen LogP) is 2.52. The monoisotopic (exact) mass is 301 g/mol. The molecular formula is C17H19NO4. The normalized spacial score (nSPS) is 11.9. The smallest absolute Gasteiger partial charge is 0.308 e. The van der Waals surface area contributed by atoms with Gasteiger partial charge in [0.15, 0.2) is 5.76 Å². The molecule has 2 rings (SSSR count). The number of aryl methyl sites for hydroxylation is 1. The van der Waals surface area contributed by atoms with E-state index in [0.717, 1.165) is 11.3 Å². The topological polar surface area (TPSA) is 79.5 Å². The van der Waals surface area contributed by atoms with Gasteiger partial charge < -0.3 is 14.8 Å². The molecule has 5 heteroatoms. The van der Waals surface area contributed by atoms with Crippen LogP contribution < -0.4 is 5.32 Å². The van der Waals surface area contributed by atoms with Crippen molar-refractivity contribution < 1.29 is 19.1 Å². The van der Waals surface area contributed by atoms with Gasteiger partial charge in [0.05, 0.1) is 5.92 Å². The number of furan rings is 1. The summed E-state index contributed by atoms with van der Waals surface area (Å²) in [6.45, 7) is 1.99. The molecule has 1 amide bonds. The van der Waals surface area contributed by atoms with Crippen molar-refractivity contribution in [3.63, 3.8) is 0 Å². The van der Waals surface area contributed by atoms with Crippen molar-refractivity contribution in [2.75, 3.05) is 6.54 Å². The number of carbonyl (C=O) groups excluding carboxylic acids is 1. The van der Waals surface area contributed by atoms with Crippen LogP contribution in [-0.4, -0.2) is 23.5 Å². The summed E-state index contributed by atoms with van der Waals surface area (Å²) >= 11 is 0. The summed E-state index contributed by atoms with van der Waals surface area (Å²) in [6.07, 6.45) is 1.08. The third-order valence-corrected chi connectivity index (χ3v) is 3.42. The molecule has 0 saturated carbocycles. The standard InChI is InChI=1S/C17H19NO4/c1-2-14-8-9-15(22-14)16(19)18-11-13(17(20)21)10-12-6-4-3-5-7-12/h3-9,13H,2,10-11H2,1H3,(H,18,19)(H,20,21)/t13-/m1/s1. The van der Waals surface area contributed by atoms with E-state index in [9.17, 15) is 14.7 Å². The number of hydrogen-bond donors (Lipinski definition) is 2. The number of aliphatic carboxylic acids is 1. The summed E-state index contributed by atoms with van der Waals surface area (Å²) in [4.78, 5) is 23.3. The Labute approximate surface area is 129 Å². The van der Waals surface area contributed by atoms with Crippen molar-refractivity contribution in [1.29, 1.82) is 0 Å². The molecule has 1 atom stereocenters. The molecule has 1 heterocycles. The summed E-state index contributed by atoms with van der Waals surface area (Å²) in [7, 11) is 0. The summed E-state index contributed by atoms with van der Waals surface area (Å²) in [5.41, 5.74) is 0.926. The minimum Gasteiger partial charge on any atom is -0.481 e. The first-order valence-corrected chi connectivity index (χ1v) is 7.23. The van der Waals surface area contributed by atoms with Gasteiger partial charge in [0.1, 0.15) is 5.76 Å². The van der Waals surface area contributed by atoms with Crippen molar-refractivity contribution in [1.82, 2.24) is 5.32 Å². The van der Waals surface area contributed by atoms with Crippen LogP contribution in [0.1, 0.15) is 28.8 Å². The number of hydrogen-bond acceptors (Lipinski definition) is 3. The quantitative estimate of drug-likeness (QED) is 0.823. The second-order valence-electron chi connectivity index (χ2n) is 5.05. The molecule has 0 bridgehead atoms. The van der Waals surface area contributed by atoms with Crippen molar-refractivity contribution in [2.45, 2.75) is 19.8 Å². The first-order chi connectivity index (χ1) is 10.6. The van der Waals surface area contributed by atoms with Crippen LogP contribution in [0.25, 0.3) is 0 Å². The molecule has 116 valence electrons. The van der Waals surface area contributed by atoms with Gasteiger partial charge in [0.2, 0.25) is 0 Å². The van der Waals surface area contributed by atoms with Crippen molar-refractivity contribution in [3.8, 4) is 0 Å². The van der Waals surface area contributed by atoms with Crippen molar-refractivity contribution >= 4 is 11.9 Å². The van der Waals surface area contributed by atoms with Crippen LogP contribution in [0.15, 0.2) is 46.9 Å². The third-order valence-electron chi connectivity index (χ3n) is 3.42. The number of nitrogens with one attached hydrogen (secondary N) is 1. The van der Waals surface area contributed by atoms with E-state index in [2.05, 4.69) is 5.32 Å². The zero-order chi connectivity index (χ0) is 15.9. The largest absolute Gasteiger partial charge is 0.481 e. The number of amides is 1. The van der Waals surface area contributed by atoms with E-state index in [0.29, 0.717) is 12.8 Å². The van der Waals surface area contributed by atoms with E-state index >= 15 is 0 Å². The number of carboxylic acids is 1. The summed E-state index contributed by atoms with van der Waals surface area (Å²) in [5, 5.41) is 11.9. The first-order valence-electron chi connectivity index (χ1n) is 7.23. The van der Waals surface area contributed by atoms with Gasteiger partial charge in [-0.05, 0) is 24.1 Å². The molecule has 0 radical (unpaired) electrons. The van der Waals surface area contributed by atoms with Crippen LogP contribution >= 0.6 is 0 Å². The molecule has 0 aliphatic rings. The number of carboxylic acid groups (broad SMARTS) is 1. The minimum absolute atomic E-state index is 0.0607. The zero-order valence-electron chi connectivity index (χ0n) is 12.4. The molecule has 0 spiro atoms. The molecule has 2 aromatic rings. The van der Waals surface area contributed by atoms with E-state index in [1.54, 1.807) is 12.1 Å². The van der Waals surface area contributed by atoms with Gasteiger partial charge in [-0.2, -0.15) is 0 Å². The minimum atomic E-state index is -0.933. The van der Waals surface area contributed by atoms with Crippen LogP contribution in [0.5, 0.6) is 0 Å². The summed E-state index contributed by atoms with van der Waals surface area (Å²) in [6, 6.07) is 12.7. The number of benzene rings is 1. The Hall–Kier alpha value is -2.56. The molecule has 1 aromatic heterocycles. The van der Waals surface area contributed by atoms with E-state index in [1.807, 2.05) is 37.3 Å². The summed E-state index contributed by atoms with van der Waals surface area (Å²) in [5.74, 6) is -1.06. The molecule has 22 heavy (non-hydrogen) atoms. The second-order valence-corrected chi connectivity index (χ2v) is 5.05. The van der Waals surface area contributed by atoms with E-state index < -0.39 is 11.9 Å². The Balaban J connectivity index is 1.94. The molecule has 0 aliphatic heterocycles. The first kappa shape index (κ1) is 15.8. The lowest BCUT2D eigenvalue weighted by molar-refractivity contribution is -0.141. The fourth-order valence-electron chi connectivity index (χ4n) is 2.14. The predicted molar refractivity (Wildman–Crippen MR) is 81.7 cm³/mol. The van der Waals surface area contributed by atoms with Crippen LogP contribution in [0.2, 0.25) is 0 Å². The molecule has 0 unspecified atom stereocenters. The van der Waals surface area contributed by atoms with Crippen LogP contribution in [0.4, 0.5) is 0 Å². The van der Waals surface area contributed by atoms with Gasteiger partial charge in [-0.15, -0.1) is 0 Å². The van der Waals surface area contributed by atoms with Gasteiger partial charge >= 0.3 is 5.97 Å². The van der Waals surface area contributed by atoms with Gasteiger partial charge in [0, 0.05) is 13.0 Å². The van der Waals surface area contributed by atoms with Crippen molar-refractivity contribution in [3.05, 3.63) is 59.5 Å². The fraction of sp³-hybridized carbons (Fsp3) is 0.294. The number of carbonyl (C=O) groups is 2. The lowest BCUT2D eigenvalue weighted by Crippen LogP contribution is -2.33. The lowest BCUT2D eigenvalue weighted by atomic mass is 9.99. The Bertz CT molecular complexity index is 633. The van der Waals surface area contributed by atoms with Gasteiger partial charge in [-0.1, -0.05) is 37.3 Å². The highest BCUT2D eigenvalue weighted by Gasteiger charge is 2.20. The molecule has 0 saturated heterocycles. The Morgan fingerprint density at radius 1 is 1.18 bits per heavy atom. The second kappa shape index (κ2) is 7.45. The third kappa shape index (κ3) is 4.22. The Morgan fingerprint density at radius 3 is 2.50 bits per heavy atom.